The van der Waals surface area contributed by atoms with Gasteiger partial charge in [0.15, 0.2) is 0 Å². The van der Waals surface area contributed by atoms with Crippen molar-refractivity contribution in [2.75, 3.05) is 0 Å². The molecule has 0 saturated carbocycles. The van der Waals surface area contributed by atoms with E-state index in [4.69, 9.17) is 5.11 Å². The number of hydrogen-bond acceptors (Lipinski definition) is 7. The van der Waals surface area contributed by atoms with Crippen molar-refractivity contribution in [3.8, 4) is 0 Å². The highest BCUT2D eigenvalue weighted by Gasteiger charge is 2.56. The van der Waals surface area contributed by atoms with E-state index in [2.05, 4.69) is 4.98 Å². The molecule has 3 atom stereocenters. The smallest absolute Gasteiger partial charge is 0.353 e. The summed E-state index contributed by atoms with van der Waals surface area (Å²) in [6, 6.07) is -0.282. The molecule has 3 rings (SSSR count). The lowest BCUT2D eigenvalue weighted by Gasteiger charge is -2.44. The van der Waals surface area contributed by atoms with Gasteiger partial charge in [-0.1, -0.05) is 11.8 Å². The summed E-state index contributed by atoms with van der Waals surface area (Å²) >= 11 is 2.62. The van der Waals surface area contributed by atoms with Crippen LogP contribution in [0, 0.1) is 5.92 Å². The normalized spacial score (nSPS) is 24.5. The second-order valence-corrected chi connectivity index (χ2v) is 7.45. The maximum absolute atomic E-state index is 12.1. The number of thioether (sulfide) groups is 1. The molecular formula is C15H16N2O5S2. The number of aliphatic hydroxyl groups excluding tert-OH is 2. The number of aliphatic hydroxyl groups is 2. The van der Waals surface area contributed by atoms with Gasteiger partial charge in [0.1, 0.15) is 5.70 Å². The molecule has 0 unspecified atom stereocenters. The van der Waals surface area contributed by atoms with E-state index in [0.717, 1.165) is 4.88 Å². The number of aliphatic carboxylic acids is 1. The second-order valence-electron chi connectivity index (χ2n) is 5.57. The molecule has 1 saturated heterocycles. The molecule has 0 aliphatic carbocycles. The van der Waals surface area contributed by atoms with Crippen LogP contribution in [0.25, 0.3) is 6.08 Å². The van der Waals surface area contributed by atoms with Gasteiger partial charge < -0.3 is 20.2 Å². The number of carboxylic acid groups (broad SMARTS) is 1. The number of nitrogens with zero attached hydrogens (tertiary/aromatic N) is 2. The Morgan fingerprint density at radius 1 is 1.62 bits per heavy atom. The Kier molecular flexibility index (Phi) is 4.77. The number of β-lactam (4-membered cyclic amide) rings is 1. The van der Waals surface area contributed by atoms with E-state index in [-0.39, 0.29) is 24.3 Å². The summed E-state index contributed by atoms with van der Waals surface area (Å²) in [5, 5.41) is 30.0. The molecule has 3 heterocycles. The largest absolute Gasteiger partial charge is 0.477 e. The SMILES string of the molecule is C[C@@H](O)[C@H]1C(=O)N2C(C(=O)O)=C(S/C=C\c3scnc3CO)C[C@H]12. The van der Waals surface area contributed by atoms with E-state index in [9.17, 15) is 19.8 Å². The van der Waals surface area contributed by atoms with E-state index in [1.54, 1.807) is 23.9 Å². The number of hydrogen-bond donors (Lipinski definition) is 3. The second kappa shape index (κ2) is 6.67. The fraction of sp³-hybridized carbons (Fsp3) is 0.400. The molecule has 1 fully saturated rings. The minimum absolute atomic E-state index is 0.00300. The van der Waals surface area contributed by atoms with Crippen LogP contribution in [-0.4, -0.2) is 49.2 Å². The average molecular weight is 368 g/mol. The molecule has 24 heavy (non-hydrogen) atoms. The highest BCUT2D eigenvalue weighted by Crippen LogP contribution is 2.47. The summed E-state index contributed by atoms with van der Waals surface area (Å²) in [5.41, 5.74) is 2.21. The monoisotopic (exact) mass is 368 g/mol. The number of amides is 1. The fourth-order valence-electron chi connectivity index (χ4n) is 3.05. The molecule has 1 aromatic rings. The van der Waals surface area contributed by atoms with Crippen LogP contribution in [0.3, 0.4) is 0 Å². The number of fused-ring (bicyclic) bond motifs is 1. The van der Waals surface area contributed by atoms with Crippen LogP contribution in [0.15, 0.2) is 21.5 Å². The number of carbonyl (C=O) groups is 2. The third-order valence-electron chi connectivity index (χ3n) is 4.14. The van der Waals surface area contributed by atoms with Crippen LogP contribution in [0.2, 0.25) is 0 Å². The van der Waals surface area contributed by atoms with Crippen molar-refractivity contribution in [2.45, 2.75) is 32.1 Å². The summed E-state index contributed by atoms with van der Waals surface area (Å²) in [7, 11) is 0. The van der Waals surface area contributed by atoms with Crippen molar-refractivity contribution >= 4 is 41.1 Å². The molecular weight excluding hydrogens is 352 g/mol. The number of carbonyl (C=O) groups excluding carboxylic acids is 1. The van der Waals surface area contributed by atoms with Gasteiger partial charge in [-0.25, -0.2) is 9.78 Å². The van der Waals surface area contributed by atoms with Crippen LogP contribution in [0.5, 0.6) is 0 Å². The predicted octanol–water partition coefficient (Wildman–Crippen LogP) is 1.25. The number of rotatable bonds is 6. The summed E-state index contributed by atoms with van der Waals surface area (Å²) in [4.78, 5) is 30.3. The van der Waals surface area contributed by atoms with E-state index in [1.807, 2.05) is 0 Å². The van der Waals surface area contributed by atoms with Gasteiger partial charge in [0, 0.05) is 11.3 Å². The third-order valence-corrected chi connectivity index (χ3v) is 5.90. The zero-order valence-electron chi connectivity index (χ0n) is 12.7. The molecule has 0 radical (unpaired) electrons. The van der Waals surface area contributed by atoms with E-state index in [0.29, 0.717) is 17.0 Å². The van der Waals surface area contributed by atoms with Crippen LogP contribution in [-0.2, 0) is 16.2 Å². The quantitative estimate of drug-likeness (QED) is 0.648. The Morgan fingerprint density at radius 3 is 3.00 bits per heavy atom. The van der Waals surface area contributed by atoms with E-state index < -0.39 is 18.0 Å². The molecule has 3 N–H and O–H groups in total. The van der Waals surface area contributed by atoms with Gasteiger partial charge >= 0.3 is 5.97 Å². The zero-order chi connectivity index (χ0) is 17.4. The van der Waals surface area contributed by atoms with Crippen LogP contribution >= 0.6 is 23.1 Å². The van der Waals surface area contributed by atoms with Gasteiger partial charge in [-0.15, -0.1) is 11.3 Å². The molecule has 0 spiro atoms. The fourth-order valence-corrected chi connectivity index (χ4v) is 4.76. The van der Waals surface area contributed by atoms with Gasteiger partial charge in [-0.05, 0) is 18.4 Å². The van der Waals surface area contributed by atoms with Gasteiger partial charge in [0.25, 0.3) is 0 Å². The first kappa shape index (κ1) is 17.2. The maximum atomic E-state index is 12.1. The van der Waals surface area contributed by atoms with Crippen molar-refractivity contribution in [1.82, 2.24) is 9.88 Å². The van der Waals surface area contributed by atoms with Gasteiger partial charge in [-0.3, -0.25) is 4.79 Å². The van der Waals surface area contributed by atoms with Crippen molar-refractivity contribution in [2.24, 2.45) is 5.92 Å². The minimum atomic E-state index is -1.14. The molecule has 128 valence electrons. The Balaban J connectivity index is 1.78. The Bertz CT molecular complexity index is 740. The van der Waals surface area contributed by atoms with Crippen LogP contribution in [0.4, 0.5) is 0 Å². The Hall–Kier alpha value is -1.68. The Labute approximate surface area is 146 Å². The summed E-state index contributed by atoms with van der Waals surface area (Å²) < 4.78 is 0. The molecule has 9 heteroatoms. The van der Waals surface area contributed by atoms with Crippen molar-refractivity contribution < 1.29 is 24.9 Å². The van der Waals surface area contributed by atoms with Crippen molar-refractivity contribution in [3.05, 3.63) is 32.1 Å². The summed E-state index contributed by atoms with van der Waals surface area (Å²) in [6.07, 6.45) is 1.40. The van der Waals surface area contributed by atoms with Crippen molar-refractivity contribution in [3.63, 3.8) is 0 Å². The lowest BCUT2D eigenvalue weighted by molar-refractivity contribution is -0.161. The van der Waals surface area contributed by atoms with Gasteiger partial charge in [0.2, 0.25) is 5.91 Å². The Morgan fingerprint density at radius 2 is 2.38 bits per heavy atom. The van der Waals surface area contributed by atoms with Crippen molar-refractivity contribution in [1.29, 1.82) is 0 Å². The molecule has 2 aliphatic rings. The first-order valence-electron chi connectivity index (χ1n) is 7.29. The summed E-state index contributed by atoms with van der Waals surface area (Å²) in [5.74, 6) is -2.01. The van der Waals surface area contributed by atoms with Crippen LogP contribution in [0.1, 0.15) is 23.9 Å². The highest BCUT2D eigenvalue weighted by atomic mass is 32.2. The highest BCUT2D eigenvalue weighted by molar-refractivity contribution is 8.06. The molecule has 7 nitrogen and oxygen atoms in total. The number of carboxylic acids is 1. The topological polar surface area (TPSA) is 111 Å². The lowest BCUT2D eigenvalue weighted by atomic mass is 9.83. The van der Waals surface area contributed by atoms with Crippen LogP contribution < -0.4 is 0 Å². The molecule has 1 aromatic heterocycles. The first-order valence-corrected chi connectivity index (χ1v) is 9.05. The van der Waals surface area contributed by atoms with E-state index >= 15 is 0 Å². The molecule has 2 aliphatic heterocycles. The third kappa shape index (κ3) is 2.77. The molecule has 0 aromatic carbocycles. The predicted molar refractivity (Wildman–Crippen MR) is 89.7 cm³/mol. The molecule has 1 amide bonds. The zero-order valence-corrected chi connectivity index (χ0v) is 14.4. The van der Waals surface area contributed by atoms with Gasteiger partial charge in [0.05, 0.1) is 40.8 Å². The lowest BCUT2D eigenvalue weighted by Crippen LogP contribution is -2.61. The maximum Gasteiger partial charge on any atom is 0.353 e. The number of aromatic nitrogens is 1. The standard InChI is InChI=1S/C15H16N2O5S2/c1-7(19)12-9-4-11(13(15(21)22)17(9)14(12)20)23-3-2-10-8(5-18)16-6-24-10/h2-3,6-7,9,12,18-19H,4-5H2,1H3,(H,21,22)/b3-2-/t7-,9-,12-/m1/s1. The minimum Gasteiger partial charge on any atom is -0.477 e. The van der Waals surface area contributed by atoms with E-state index in [1.165, 1.54) is 28.0 Å². The van der Waals surface area contributed by atoms with Gasteiger partial charge in [-0.2, -0.15) is 0 Å². The average Bonchev–Trinajstić information content (AvgIpc) is 3.09. The summed E-state index contributed by atoms with van der Waals surface area (Å²) in [6.45, 7) is 1.39. The number of thiazole rings is 1. The first-order chi connectivity index (χ1) is 11.5. The molecule has 0 bridgehead atoms.